The standard InChI is InChI=1S/C24H24N6O/c1-16-19(18-9-5-6-10-21(18)26-16)13-25-29-24-27-22-11-12-30(15-20(22)23(31)28-24)14-17-7-3-2-4-8-17/h2-10,13,26H,11-12,14-15H2,1H3,(H2,27,28,29,31)/b25-13-. The fourth-order valence-electron chi connectivity index (χ4n) is 4.13. The number of aromatic amines is 2. The lowest BCUT2D eigenvalue weighted by molar-refractivity contribution is 0.242. The van der Waals surface area contributed by atoms with Gasteiger partial charge in [0.1, 0.15) is 0 Å². The van der Waals surface area contributed by atoms with Crippen LogP contribution >= 0.6 is 0 Å². The highest BCUT2D eigenvalue weighted by Gasteiger charge is 2.21. The second-order valence-electron chi connectivity index (χ2n) is 7.87. The number of hydrogen-bond acceptors (Lipinski definition) is 5. The Morgan fingerprint density at radius 2 is 1.94 bits per heavy atom. The molecule has 0 aliphatic carbocycles. The lowest BCUT2D eigenvalue weighted by atomic mass is 10.1. The Balaban J connectivity index is 1.31. The molecule has 2 aromatic heterocycles. The van der Waals surface area contributed by atoms with Crippen LogP contribution in [0.15, 0.2) is 64.5 Å². The van der Waals surface area contributed by atoms with Crippen molar-refractivity contribution in [1.29, 1.82) is 0 Å². The molecule has 7 nitrogen and oxygen atoms in total. The predicted molar refractivity (Wildman–Crippen MR) is 123 cm³/mol. The van der Waals surface area contributed by atoms with Gasteiger partial charge in [0.25, 0.3) is 5.56 Å². The minimum atomic E-state index is -0.108. The molecule has 0 radical (unpaired) electrons. The Morgan fingerprint density at radius 1 is 1.13 bits per heavy atom. The van der Waals surface area contributed by atoms with Crippen LogP contribution < -0.4 is 11.0 Å². The van der Waals surface area contributed by atoms with Crippen molar-refractivity contribution in [3.63, 3.8) is 0 Å². The van der Waals surface area contributed by atoms with E-state index >= 15 is 0 Å². The summed E-state index contributed by atoms with van der Waals surface area (Å²) in [5, 5.41) is 5.43. The Labute approximate surface area is 179 Å². The van der Waals surface area contributed by atoms with Gasteiger partial charge >= 0.3 is 0 Å². The lowest BCUT2D eigenvalue weighted by Gasteiger charge is -2.27. The highest BCUT2D eigenvalue weighted by Crippen LogP contribution is 2.20. The molecule has 0 fully saturated rings. The summed E-state index contributed by atoms with van der Waals surface area (Å²) in [6.07, 6.45) is 2.50. The van der Waals surface area contributed by atoms with Crippen LogP contribution in [0.25, 0.3) is 10.9 Å². The lowest BCUT2D eigenvalue weighted by Crippen LogP contribution is -2.35. The van der Waals surface area contributed by atoms with Gasteiger partial charge in [-0.3, -0.25) is 14.7 Å². The quantitative estimate of drug-likeness (QED) is 0.345. The maximum absolute atomic E-state index is 12.7. The number of hydrazone groups is 1. The van der Waals surface area contributed by atoms with Crippen molar-refractivity contribution in [2.24, 2.45) is 5.10 Å². The number of anilines is 1. The van der Waals surface area contributed by atoms with E-state index in [2.05, 4.69) is 48.6 Å². The Bertz CT molecular complexity index is 1300. The number of hydrogen-bond donors (Lipinski definition) is 3. The van der Waals surface area contributed by atoms with Crippen molar-refractivity contribution in [3.8, 4) is 0 Å². The third kappa shape index (κ3) is 4.00. The van der Waals surface area contributed by atoms with E-state index in [4.69, 9.17) is 0 Å². The van der Waals surface area contributed by atoms with Gasteiger partial charge in [0.15, 0.2) is 0 Å². The molecule has 0 unspecified atom stereocenters. The van der Waals surface area contributed by atoms with Crippen LogP contribution in [0, 0.1) is 6.92 Å². The molecule has 31 heavy (non-hydrogen) atoms. The third-order valence-electron chi connectivity index (χ3n) is 5.70. The van der Waals surface area contributed by atoms with Crippen molar-refractivity contribution in [2.45, 2.75) is 26.4 Å². The second-order valence-corrected chi connectivity index (χ2v) is 7.87. The highest BCUT2D eigenvalue weighted by molar-refractivity contribution is 6.00. The molecule has 0 amide bonds. The van der Waals surface area contributed by atoms with Crippen LogP contribution in [0.3, 0.4) is 0 Å². The normalized spacial score (nSPS) is 14.2. The summed E-state index contributed by atoms with van der Waals surface area (Å²) in [4.78, 5) is 25.7. The van der Waals surface area contributed by atoms with Crippen LogP contribution in [-0.2, 0) is 19.5 Å². The molecule has 3 heterocycles. The van der Waals surface area contributed by atoms with E-state index < -0.39 is 0 Å². The molecule has 156 valence electrons. The van der Waals surface area contributed by atoms with Crippen LogP contribution in [0.5, 0.6) is 0 Å². The van der Waals surface area contributed by atoms with E-state index in [1.54, 1.807) is 6.21 Å². The van der Waals surface area contributed by atoms with Gasteiger partial charge in [-0.05, 0) is 18.6 Å². The first-order valence-electron chi connectivity index (χ1n) is 10.4. The topological polar surface area (TPSA) is 89.2 Å². The summed E-state index contributed by atoms with van der Waals surface area (Å²) in [6, 6.07) is 18.4. The summed E-state index contributed by atoms with van der Waals surface area (Å²) in [7, 11) is 0. The van der Waals surface area contributed by atoms with Crippen molar-refractivity contribution >= 4 is 23.1 Å². The summed E-state index contributed by atoms with van der Waals surface area (Å²) in [6.45, 7) is 4.32. The Hall–Kier alpha value is -3.71. The number of nitrogens with one attached hydrogen (secondary N) is 3. The number of fused-ring (bicyclic) bond motifs is 2. The maximum Gasteiger partial charge on any atom is 0.257 e. The average Bonchev–Trinajstić information content (AvgIpc) is 3.10. The number of para-hydroxylation sites is 1. The summed E-state index contributed by atoms with van der Waals surface area (Å²) >= 11 is 0. The first-order chi connectivity index (χ1) is 15.2. The number of aryl methyl sites for hydroxylation is 1. The van der Waals surface area contributed by atoms with Gasteiger partial charge in [0.05, 0.1) is 17.5 Å². The summed E-state index contributed by atoms with van der Waals surface area (Å²) in [5.41, 5.74) is 8.74. The summed E-state index contributed by atoms with van der Waals surface area (Å²) in [5.74, 6) is 0.369. The SMILES string of the molecule is Cc1[nH]c2ccccc2c1/C=N\Nc1nc2c(c(=O)[nH]1)CN(Cc1ccccc1)CC2. The number of nitrogens with zero attached hydrogens (tertiary/aromatic N) is 3. The zero-order chi connectivity index (χ0) is 21.2. The second kappa shape index (κ2) is 8.20. The first-order valence-corrected chi connectivity index (χ1v) is 10.4. The molecule has 5 rings (SSSR count). The zero-order valence-electron chi connectivity index (χ0n) is 17.4. The van der Waals surface area contributed by atoms with E-state index in [9.17, 15) is 4.79 Å². The molecular weight excluding hydrogens is 388 g/mol. The Kier molecular flexibility index (Phi) is 5.09. The van der Waals surface area contributed by atoms with Crippen molar-refractivity contribution in [1.82, 2.24) is 19.9 Å². The number of H-pyrrole nitrogens is 2. The molecule has 0 bridgehead atoms. The maximum atomic E-state index is 12.7. The van der Waals surface area contributed by atoms with Gasteiger partial charge in [-0.2, -0.15) is 5.10 Å². The molecule has 2 aromatic carbocycles. The molecule has 1 aliphatic rings. The Morgan fingerprint density at radius 3 is 2.81 bits per heavy atom. The molecule has 0 saturated heterocycles. The van der Waals surface area contributed by atoms with Gasteiger partial charge in [0.2, 0.25) is 5.95 Å². The number of rotatable bonds is 5. The van der Waals surface area contributed by atoms with Crippen LogP contribution in [0.4, 0.5) is 5.95 Å². The van der Waals surface area contributed by atoms with Gasteiger partial charge in [0, 0.05) is 48.2 Å². The molecule has 1 aliphatic heterocycles. The van der Waals surface area contributed by atoms with Gasteiger partial charge in [-0.25, -0.2) is 10.4 Å². The van der Waals surface area contributed by atoms with E-state index in [-0.39, 0.29) is 5.56 Å². The minimum Gasteiger partial charge on any atom is -0.358 e. The minimum absolute atomic E-state index is 0.108. The van der Waals surface area contributed by atoms with Crippen LogP contribution in [-0.4, -0.2) is 32.6 Å². The van der Waals surface area contributed by atoms with E-state index in [0.29, 0.717) is 12.5 Å². The van der Waals surface area contributed by atoms with Crippen molar-refractivity contribution < 1.29 is 0 Å². The first kappa shape index (κ1) is 19.3. The molecule has 7 heteroatoms. The number of aromatic nitrogens is 3. The molecule has 0 atom stereocenters. The number of benzene rings is 2. The van der Waals surface area contributed by atoms with Crippen LogP contribution in [0.2, 0.25) is 0 Å². The molecular formula is C24H24N6O. The predicted octanol–water partition coefficient (Wildman–Crippen LogP) is 3.56. The van der Waals surface area contributed by atoms with Crippen molar-refractivity contribution in [2.75, 3.05) is 12.0 Å². The molecule has 4 aromatic rings. The molecule has 0 saturated carbocycles. The fourth-order valence-corrected chi connectivity index (χ4v) is 4.13. The largest absolute Gasteiger partial charge is 0.358 e. The van der Waals surface area contributed by atoms with Gasteiger partial charge < -0.3 is 4.98 Å². The zero-order valence-corrected chi connectivity index (χ0v) is 17.4. The van der Waals surface area contributed by atoms with E-state index in [0.717, 1.165) is 52.9 Å². The third-order valence-corrected chi connectivity index (χ3v) is 5.70. The van der Waals surface area contributed by atoms with Gasteiger partial charge in [-0.1, -0.05) is 48.5 Å². The van der Waals surface area contributed by atoms with E-state index in [1.165, 1.54) is 5.56 Å². The average molecular weight is 412 g/mol. The van der Waals surface area contributed by atoms with E-state index in [1.807, 2.05) is 43.3 Å². The monoisotopic (exact) mass is 412 g/mol. The van der Waals surface area contributed by atoms with Gasteiger partial charge in [-0.15, -0.1) is 0 Å². The summed E-state index contributed by atoms with van der Waals surface area (Å²) < 4.78 is 0. The van der Waals surface area contributed by atoms with Crippen molar-refractivity contribution in [3.05, 3.63) is 93.0 Å². The molecule has 3 N–H and O–H groups in total. The molecule has 0 spiro atoms. The smallest absolute Gasteiger partial charge is 0.257 e. The highest BCUT2D eigenvalue weighted by atomic mass is 16.1. The van der Waals surface area contributed by atoms with Crippen LogP contribution in [0.1, 0.15) is 28.1 Å². The fraction of sp³-hybridized carbons (Fsp3) is 0.208.